The number of anilines is 1. The molecule has 0 saturated carbocycles. The summed E-state index contributed by atoms with van der Waals surface area (Å²) in [7, 11) is 0. The van der Waals surface area contributed by atoms with E-state index < -0.39 is 6.17 Å². The summed E-state index contributed by atoms with van der Waals surface area (Å²) in [6.45, 7) is 7.80. The van der Waals surface area contributed by atoms with Crippen molar-refractivity contribution in [3.8, 4) is 17.0 Å². The van der Waals surface area contributed by atoms with Crippen LogP contribution in [0.4, 0.5) is 5.69 Å². The van der Waals surface area contributed by atoms with Gasteiger partial charge >= 0.3 is 11.3 Å². The lowest BCUT2D eigenvalue weighted by atomic mass is 10.0. The summed E-state index contributed by atoms with van der Waals surface area (Å²) in [5, 5.41) is 5.39. The molecule has 0 spiro atoms. The van der Waals surface area contributed by atoms with Gasteiger partial charge in [-0.05, 0) is 47.5 Å². The number of thioether (sulfide) groups is 1. The summed E-state index contributed by atoms with van der Waals surface area (Å²) in [6, 6.07) is 15.0. The van der Waals surface area contributed by atoms with Gasteiger partial charge in [0.25, 0.3) is 6.17 Å². The lowest BCUT2D eigenvalue weighted by Crippen LogP contribution is -2.60. The SMILES string of the molecule is C=CCOc1ccc([C@H]2N(C(C)=O)c3ccccc3-c3c(=O)[nH]c(SCCCCCC)n[n+]32)cc1. The molecule has 3 aromatic rings. The Morgan fingerprint density at radius 2 is 1.97 bits per heavy atom. The number of hydrogen-bond acceptors (Lipinski definition) is 5. The molecule has 4 rings (SSSR count). The highest BCUT2D eigenvalue weighted by Gasteiger charge is 2.44. The van der Waals surface area contributed by atoms with Gasteiger partial charge in [-0.15, -0.1) is 0 Å². The molecule has 2 aromatic carbocycles. The maximum Gasteiger partial charge on any atom is 0.325 e. The van der Waals surface area contributed by atoms with Crippen molar-refractivity contribution in [1.82, 2.24) is 10.1 Å². The number of nitrogens with one attached hydrogen (secondary N) is 1. The fourth-order valence-electron chi connectivity index (χ4n) is 4.27. The van der Waals surface area contributed by atoms with Gasteiger partial charge < -0.3 is 4.74 Å². The minimum atomic E-state index is -0.604. The highest BCUT2D eigenvalue weighted by atomic mass is 32.2. The molecule has 7 nitrogen and oxygen atoms in total. The Bertz CT molecular complexity index is 1260. The van der Waals surface area contributed by atoms with E-state index in [0.29, 0.717) is 34.5 Å². The van der Waals surface area contributed by atoms with Crippen LogP contribution in [0.1, 0.15) is 51.3 Å². The summed E-state index contributed by atoms with van der Waals surface area (Å²) >= 11 is 1.54. The van der Waals surface area contributed by atoms with Gasteiger partial charge in [0.1, 0.15) is 12.4 Å². The van der Waals surface area contributed by atoms with E-state index in [1.165, 1.54) is 31.5 Å². The van der Waals surface area contributed by atoms with Gasteiger partial charge in [0.05, 0.1) is 11.3 Å². The Labute approximate surface area is 209 Å². The molecule has 1 amide bonds. The number of amides is 1. The van der Waals surface area contributed by atoms with Gasteiger partial charge in [-0.1, -0.05) is 62.7 Å². The van der Waals surface area contributed by atoms with E-state index in [9.17, 15) is 9.59 Å². The highest BCUT2D eigenvalue weighted by molar-refractivity contribution is 7.99. The third-order valence-electron chi connectivity index (χ3n) is 5.88. The zero-order valence-electron chi connectivity index (χ0n) is 20.2. The Morgan fingerprint density at radius 3 is 2.69 bits per heavy atom. The van der Waals surface area contributed by atoms with Gasteiger partial charge in [0.2, 0.25) is 11.1 Å². The molecular weight excluding hydrogens is 460 g/mol. The second-order valence-corrected chi connectivity index (χ2v) is 9.49. The van der Waals surface area contributed by atoms with Crippen LogP contribution < -0.4 is 19.9 Å². The normalized spacial score (nSPS) is 14.2. The number of aromatic amines is 1. The van der Waals surface area contributed by atoms with E-state index in [2.05, 4.69) is 18.5 Å². The van der Waals surface area contributed by atoms with Crippen LogP contribution in [0, 0.1) is 0 Å². The molecule has 1 aliphatic rings. The molecule has 0 fully saturated rings. The summed E-state index contributed by atoms with van der Waals surface area (Å²) < 4.78 is 7.32. The fourth-order valence-corrected chi connectivity index (χ4v) is 5.12. The molecule has 2 heterocycles. The van der Waals surface area contributed by atoms with Gasteiger partial charge in [0.15, 0.2) is 0 Å². The predicted molar refractivity (Wildman–Crippen MR) is 139 cm³/mol. The molecular formula is C27H31N4O3S+. The third kappa shape index (κ3) is 5.32. The number of carbonyl (C=O) groups excluding carboxylic acids is 1. The van der Waals surface area contributed by atoms with Crippen molar-refractivity contribution < 1.29 is 14.2 Å². The third-order valence-corrected chi connectivity index (χ3v) is 6.83. The van der Waals surface area contributed by atoms with Crippen LogP contribution in [-0.2, 0) is 4.79 Å². The summed E-state index contributed by atoms with van der Waals surface area (Å²) in [5.41, 5.74) is 2.40. The first-order chi connectivity index (χ1) is 17.0. The minimum Gasteiger partial charge on any atom is -0.490 e. The Morgan fingerprint density at radius 1 is 1.20 bits per heavy atom. The van der Waals surface area contributed by atoms with E-state index >= 15 is 0 Å². The number of H-pyrrole nitrogens is 1. The maximum atomic E-state index is 13.3. The first kappa shape index (κ1) is 24.7. The molecule has 1 aliphatic heterocycles. The van der Waals surface area contributed by atoms with Crippen LogP contribution in [0.5, 0.6) is 5.75 Å². The second-order valence-electron chi connectivity index (χ2n) is 8.41. The van der Waals surface area contributed by atoms with Crippen molar-refractivity contribution >= 4 is 23.4 Å². The smallest absolute Gasteiger partial charge is 0.325 e. The first-order valence-electron chi connectivity index (χ1n) is 12.0. The summed E-state index contributed by atoms with van der Waals surface area (Å²) in [4.78, 5) is 31.0. The fraction of sp³-hybridized carbons (Fsp3) is 0.333. The Hall–Kier alpha value is -3.39. The van der Waals surface area contributed by atoms with Gasteiger partial charge in [0, 0.05) is 23.3 Å². The number of carbonyl (C=O) groups is 1. The van der Waals surface area contributed by atoms with Crippen molar-refractivity contribution in [3.63, 3.8) is 0 Å². The van der Waals surface area contributed by atoms with E-state index in [-0.39, 0.29) is 11.5 Å². The number of rotatable bonds is 10. The molecule has 0 aliphatic carbocycles. The average Bonchev–Trinajstić information content (AvgIpc) is 2.86. The number of hydrogen-bond donors (Lipinski definition) is 1. The number of fused-ring (bicyclic) bond motifs is 3. The topological polar surface area (TPSA) is 79.2 Å². The minimum absolute atomic E-state index is 0.136. The molecule has 0 radical (unpaired) electrons. The quantitative estimate of drug-likeness (QED) is 0.189. The van der Waals surface area contributed by atoms with E-state index in [4.69, 9.17) is 9.84 Å². The first-order valence-corrected chi connectivity index (χ1v) is 13.0. The number of ether oxygens (including phenoxy) is 1. The molecule has 8 heteroatoms. The Balaban J connectivity index is 1.80. The molecule has 182 valence electrons. The predicted octanol–water partition coefficient (Wildman–Crippen LogP) is 4.88. The Kier molecular flexibility index (Phi) is 8.02. The van der Waals surface area contributed by atoms with Gasteiger partial charge in [-0.25, -0.2) is 4.90 Å². The van der Waals surface area contributed by atoms with Crippen LogP contribution in [0.25, 0.3) is 11.3 Å². The average molecular weight is 492 g/mol. The standard InChI is InChI=1S/C27H30N4O3S/c1-4-6-7-10-18-35-27-28-25(33)24-22-11-8-9-12-23(22)30(19(3)32)26(31(24)29-27)20-13-15-21(16-14-20)34-17-5-2/h5,8-9,11-16,26H,2,4,6-7,10,17-18H2,1,3H3/p+1/t26-/m0/s1. The molecule has 35 heavy (non-hydrogen) atoms. The molecule has 1 N–H and O–H groups in total. The molecule has 1 aromatic heterocycles. The van der Waals surface area contributed by atoms with Crippen LogP contribution in [-0.4, -0.2) is 28.3 Å². The van der Waals surface area contributed by atoms with Crippen molar-refractivity contribution in [2.75, 3.05) is 17.3 Å². The zero-order valence-corrected chi connectivity index (χ0v) is 21.0. The van der Waals surface area contributed by atoms with E-state index in [1.54, 1.807) is 15.7 Å². The van der Waals surface area contributed by atoms with Crippen molar-refractivity contribution in [3.05, 3.63) is 77.1 Å². The highest BCUT2D eigenvalue weighted by Crippen LogP contribution is 2.37. The summed E-state index contributed by atoms with van der Waals surface area (Å²) in [5.74, 6) is 1.44. The molecule has 0 saturated heterocycles. The zero-order chi connectivity index (χ0) is 24.8. The van der Waals surface area contributed by atoms with Crippen LogP contribution in [0.3, 0.4) is 0 Å². The lowest BCUT2D eigenvalue weighted by Gasteiger charge is -2.31. The number of unbranched alkanes of at least 4 members (excludes halogenated alkanes) is 3. The second kappa shape index (κ2) is 11.4. The van der Waals surface area contributed by atoms with Gasteiger partial charge in [-0.3, -0.25) is 14.6 Å². The number of nitrogens with zero attached hydrogens (tertiary/aromatic N) is 3. The summed E-state index contributed by atoms with van der Waals surface area (Å²) in [6.07, 6.45) is 5.67. The number of benzene rings is 2. The van der Waals surface area contributed by atoms with Crippen LogP contribution in [0.15, 0.2) is 71.1 Å². The number of aromatic nitrogens is 3. The number of para-hydroxylation sites is 1. The molecule has 1 atom stereocenters. The van der Waals surface area contributed by atoms with Crippen LogP contribution >= 0.6 is 11.8 Å². The van der Waals surface area contributed by atoms with E-state index in [0.717, 1.165) is 24.2 Å². The lowest BCUT2D eigenvalue weighted by molar-refractivity contribution is -0.763. The largest absolute Gasteiger partial charge is 0.490 e. The molecule has 0 bridgehead atoms. The molecule has 0 unspecified atom stereocenters. The van der Waals surface area contributed by atoms with Crippen molar-refractivity contribution in [2.45, 2.75) is 50.9 Å². The van der Waals surface area contributed by atoms with E-state index in [1.807, 2.05) is 48.5 Å². The van der Waals surface area contributed by atoms with Crippen molar-refractivity contribution in [2.24, 2.45) is 0 Å². The maximum absolute atomic E-state index is 13.3. The monoisotopic (exact) mass is 491 g/mol. The van der Waals surface area contributed by atoms with Crippen LogP contribution in [0.2, 0.25) is 0 Å². The van der Waals surface area contributed by atoms with Gasteiger partial charge in [-0.2, -0.15) is 0 Å². The van der Waals surface area contributed by atoms with Crippen molar-refractivity contribution in [1.29, 1.82) is 0 Å².